The number of hydrogen-bond donors (Lipinski definition) is 2. The second-order valence-corrected chi connectivity index (χ2v) is 18.7. The number of phosphoric ester groups is 1. The maximum absolute atomic E-state index is 12.9. The smallest absolute Gasteiger partial charge is 0.462 e. The summed E-state index contributed by atoms with van der Waals surface area (Å²) < 4.78 is 39.3. The molecule has 3 unspecified atom stereocenters. The summed E-state index contributed by atoms with van der Waals surface area (Å²) in [5.41, 5.74) is 0. The molecule has 0 aromatic rings. The highest BCUT2D eigenvalue weighted by molar-refractivity contribution is 7.47. The van der Waals surface area contributed by atoms with E-state index in [0.717, 1.165) is 128 Å². The third-order valence-electron chi connectivity index (χ3n) is 10.7. The molecule has 11 nitrogen and oxygen atoms in total. The quantitative estimate of drug-likeness (QED) is 0.0197. The Kier molecular flexibility index (Phi) is 48.7. The molecule has 0 amide bonds. The van der Waals surface area contributed by atoms with Gasteiger partial charge in [0.05, 0.1) is 19.8 Å². The van der Waals surface area contributed by atoms with Crippen LogP contribution in [0.3, 0.4) is 0 Å². The SMILES string of the molecule is CC/C=C\C/C=C\C/C=C\C/C=C\CCCCCCC(=O)OC(COC(=O)CCCC/C=C\C/C=C\C/C=C\C/C=C\CC)COP(=O)(O)OCC(CO)OC(=O)CCCCCCC/C=C\CCCC. The van der Waals surface area contributed by atoms with E-state index in [9.17, 15) is 28.9 Å². The molecule has 0 aromatic carbocycles. The summed E-state index contributed by atoms with van der Waals surface area (Å²) in [6.45, 7) is 4.26. The lowest BCUT2D eigenvalue weighted by Gasteiger charge is -2.21. The molecule has 0 aliphatic heterocycles. The second-order valence-electron chi connectivity index (χ2n) is 17.3. The number of rotatable bonds is 48. The normalized spacial score (nSPS) is 14.3. The van der Waals surface area contributed by atoms with Crippen LogP contribution in [0.15, 0.2) is 109 Å². The summed E-state index contributed by atoms with van der Waals surface area (Å²) in [5, 5.41) is 9.77. The van der Waals surface area contributed by atoms with Crippen LogP contribution in [0.4, 0.5) is 0 Å². The summed E-state index contributed by atoms with van der Waals surface area (Å²) in [5.74, 6) is -1.57. The van der Waals surface area contributed by atoms with E-state index >= 15 is 0 Å². The van der Waals surface area contributed by atoms with Crippen molar-refractivity contribution < 1.29 is 52.2 Å². The zero-order chi connectivity index (χ0) is 51.3. The summed E-state index contributed by atoms with van der Waals surface area (Å²) in [7, 11) is -4.77. The summed E-state index contributed by atoms with van der Waals surface area (Å²) in [6, 6.07) is 0. The van der Waals surface area contributed by atoms with Gasteiger partial charge in [-0.05, 0) is 116 Å². The molecular formula is C58H95O11P. The predicted molar refractivity (Wildman–Crippen MR) is 288 cm³/mol. The Morgan fingerprint density at radius 1 is 0.414 bits per heavy atom. The number of unbranched alkanes of at least 4 members (excludes halogenated alkanes) is 13. The lowest BCUT2D eigenvalue weighted by Crippen LogP contribution is -2.30. The van der Waals surface area contributed by atoms with Gasteiger partial charge in [-0.1, -0.05) is 175 Å². The number of aliphatic hydroxyl groups is 1. The van der Waals surface area contributed by atoms with Crippen molar-refractivity contribution in [1.82, 2.24) is 0 Å². The Morgan fingerprint density at radius 3 is 1.19 bits per heavy atom. The van der Waals surface area contributed by atoms with E-state index in [1.54, 1.807) is 0 Å². The number of carbonyl (C=O) groups is 3. The fourth-order valence-electron chi connectivity index (χ4n) is 6.61. The average molecular weight is 999 g/mol. The number of hydrogen-bond acceptors (Lipinski definition) is 10. The maximum atomic E-state index is 12.9. The van der Waals surface area contributed by atoms with E-state index in [1.807, 2.05) is 0 Å². The summed E-state index contributed by atoms with van der Waals surface area (Å²) in [4.78, 5) is 48.4. The van der Waals surface area contributed by atoms with Gasteiger partial charge in [0.25, 0.3) is 0 Å². The van der Waals surface area contributed by atoms with Crippen molar-refractivity contribution in [2.75, 3.05) is 26.4 Å². The van der Waals surface area contributed by atoms with Gasteiger partial charge in [-0.15, -0.1) is 0 Å². The molecule has 0 spiro atoms. The number of ether oxygens (including phenoxy) is 3. The van der Waals surface area contributed by atoms with Crippen LogP contribution in [0.5, 0.6) is 0 Å². The monoisotopic (exact) mass is 999 g/mol. The summed E-state index contributed by atoms with van der Waals surface area (Å²) >= 11 is 0. The van der Waals surface area contributed by atoms with Crippen molar-refractivity contribution in [3.05, 3.63) is 109 Å². The topological polar surface area (TPSA) is 155 Å². The van der Waals surface area contributed by atoms with Crippen LogP contribution in [-0.4, -0.2) is 66.5 Å². The molecule has 0 aliphatic carbocycles. The Bertz CT molecular complexity index is 1590. The van der Waals surface area contributed by atoms with E-state index < -0.39 is 57.8 Å². The molecule has 3 atom stereocenters. The third kappa shape index (κ3) is 49.1. The number of esters is 3. The van der Waals surface area contributed by atoms with Crippen molar-refractivity contribution in [1.29, 1.82) is 0 Å². The Balaban J connectivity index is 4.88. The lowest BCUT2D eigenvalue weighted by molar-refractivity contribution is -0.161. The number of allylic oxidation sites excluding steroid dienone is 18. The minimum atomic E-state index is -4.77. The van der Waals surface area contributed by atoms with Crippen molar-refractivity contribution in [3.8, 4) is 0 Å². The number of aliphatic hydroxyl groups excluding tert-OH is 1. The molecule has 2 N–H and O–H groups in total. The van der Waals surface area contributed by atoms with Crippen LogP contribution in [0.1, 0.15) is 201 Å². The number of phosphoric acid groups is 1. The van der Waals surface area contributed by atoms with Crippen molar-refractivity contribution in [2.24, 2.45) is 0 Å². The van der Waals surface area contributed by atoms with Crippen molar-refractivity contribution >= 4 is 25.7 Å². The van der Waals surface area contributed by atoms with Gasteiger partial charge in [0.1, 0.15) is 12.7 Å². The van der Waals surface area contributed by atoms with E-state index in [1.165, 1.54) is 12.8 Å². The van der Waals surface area contributed by atoms with Crippen LogP contribution in [-0.2, 0) is 42.2 Å². The molecule has 0 aliphatic rings. The highest BCUT2D eigenvalue weighted by Crippen LogP contribution is 2.43. The van der Waals surface area contributed by atoms with Crippen LogP contribution in [0.2, 0.25) is 0 Å². The zero-order valence-electron chi connectivity index (χ0n) is 43.7. The molecule has 0 bridgehead atoms. The Morgan fingerprint density at radius 2 is 0.743 bits per heavy atom. The van der Waals surface area contributed by atoms with Crippen molar-refractivity contribution in [3.63, 3.8) is 0 Å². The van der Waals surface area contributed by atoms with Crippen LogP contribution in [0, 0.1) is 0 Å². The average Bonchev–Trinajstić information content (AvgIpc) is 3.35. The fraction of sp³-hybridized carbons (Fsp3) is 0.638. The standard InChI is InChI=1S/C58H95O11P/c1-4-7-10-13-16-19-22-24-26-27-29-31-34-37-40-43-46-49-58(62)69-55(51-65-56(60)47-44-41-38-35-33-30-28-25-23-20-17-14-11-8-5-2)53-67-70(63,64)66-52-54(50-59)68-57(61)48-45-42-39-36-32-21-18-15-12-9-6-3/h7-8,10-11,15-20,24-26,28-29,31,33,35,54-55,59H,4-6,9,12-14,21-23,27,30,32,34,36-53H2,1-3H3,(H,63,64)/b10-7-,11-8-,18-15-,19-16-,20-17-,26-24-,28-25-,31-29-,35-33-. The third-order valence-corrected chi connectivity index (χ3v) is 11.6. The molecule has 0 radical (unpaired) electrons. The largest absolute Gasteiger partial charge is 0.472 e. The first kappa shape index (κ1) is 66.1. The summed E-state index contributed by atoms with van der Waals surface area (Å²) in [6.07, 6.45) is 60.6. The first-order valence-electron chi connectivity index (χ1n) is 26.8. The van der Waals surface area contributed by atoms with Gasteiger partial charge in [0.2, 0.25) is 0 Å². The van der Waals surface area contributed by atoms with Gasteiger partial charge >= 0.3 is 25.7 Å². The minimum absolute atomic E-state index is 0.124. The van der Waals surface area contributed by atoms with Crippen LogP contribution in [0.25, 0.3) is 0 Å². The zero-order valence-corrected chi connectivity index (χ0v) is 44.6. The van der Waals surface area contributed by atoms with E-state index in [4.69, 9.17) is 23.3 Å². The first-order valence-corrected chi connectivity index (χ1v) is 28.3. The number of carbonyl (C=O) groups excluding carboxylic acids is 3. The van der Waals surface area contributed by atoms with E-state index in [0.29, 0.717) is 19.3 Å². The molecule has 12 heteroatoms. The van der Waals surface area contributed by atoms with Gasteiger partial charge in [-0.3, -0.25) is 23.4 Å². The van der Waals surface area contributed by atoms with Gasteiger partial charge in [0.15, 0.2) is 6.10 Å². The Labute approximate surface area is 425 Å². The lowest BCUT2D eigenvalue weighted by atomic mass is 10.1. The fourth-order valence-corrected chi connectivity index (χ4v) is 7.39. The molecule has 0 fully saturated rings. The molecule has 0 rings (SSSR count). The molecule has 70 heavy (non-hydrogen) atoms. The van der Waals surface area contributed by atoms with Gasteiger partial charge in [-0.2, -0.15) is 0 Å². The first-order chi connectivity index (χ1) is 34.2. The highest BCUT2D eigenvalue weighted by atomic mass is 31.2. The maximum Gasteiger partial charge on any atom is 0.472 e. The predicted octanol–water partition coefficient (Wildman–Crippen LogP) is 15.5. The van der Waals surface area contributed by atoms with Gasteiger partial charge in [0, 0.05) is 19.3 Å². The minimum Gasteiger partial charge on any atom is -0.462 e. The molecule has 398 valence electrons. The molecule has 0 heterocycles. The van der Waals surface area contributed by atoms with E-state index in [-0.39, 0.29) is 25.9 Å². The van der Waals surface area contributed by atoms with Crippen LogP contribution < -0.4 is 0 Å². The molecular weight excluding hydrogens is 904 g/mol. The van der Waals surface area contributed by atoms with Crippen LogP contribution >= 0.6 is 7.82 Å². The molecule has 0 saturated carbocycles. The molecule has 0 saturated heterocycles. The Hall–Kier alpha value is -3.86. The van der Waals surface area contributed by atoms with Crippen molar-refractivity contribution in [2.45, 2.75) is 213 Å². The second kappa shape index (κ2) is 51.5. The highest BCUT2D eigenvalue weighted by Gasteiger charge is 2.28. The van der Waals surface area contributed by atoms with E-state index in [2.05, 4.69) is 130 Å². The van der Waals surface area contributed by atoms with Gasteiger partial charge in [-0.25, -0.2) is 4.57 Å². The molecule has 0 aromatic heterocycles. The van der Waals surface area contributed by atoms with Gasteiger partial charge < -0.3 is 24.2 Å².